The lowest BCUT2D eigenvalue weighted by Crippen LogP contribution is -2.22. The van der Waals surface area contributed by atoms with Crippen LogP contribution < -0.4 is 0 Å². The molecule has 12 heavy (non-hydrogen) atoms. The van der Waals surface area contributed by atoms with E-state index in [-0.39, 0.29) is 0 Å². The van der Waals surface area contributed by atoms with E-state index in [0.29, 0.717) is 12.7 Å². The first kappa shape index (κ1) is 10.2. The van der Waals surface area contributed by atoms with Crippen LogP contribution in [0.15, 0.2) is 0 Å². The largest absolute Gasteiger partial charge is 0.379 e. The highest BCUT2D eigenvalue weighted by Crippen LogP contribution is 2.11. The van der Waals surface area contributed by atoms with Crippen LogP contribution in [0.25, 0.3) is 0 Å². The highest BCUT2D eigenvalue weighted by molar-refractivity contribution is 6.69. The molecule has 0 spiro atoms. The third-order valence-electron chi connectivity index (χ3n) is 1.77. The Morgan fingerprint density at radius 2 is 2.25 bits per heavy atom. The maximum Gasteiger partial charge on any atom is 0.231 e. The maximum atomic E-state index is 11.3. The van der Waals surface area contributed by atoms with Crippen molar-refractivity contribution in [1.29, 1.82) is 0 Å². The Bertz CT molecular complexity index is 129. The van der Waals surface area contributed by atoms with Crippen LogP contribution in [-0.4, -0.2) is 34.2 Å². The van der Waals surface area contributed by atoms with Gasteiger partial charge in [0.1, 0.15) is 6.10 Å². The number of hydrogen-bond acceptors (Lipinski definition) is 2. The van der Waals surface area contributed by atoms with Crippen molar-refractivity contribution < 1.29 is 14.3 Å². The van der Waals surface area contributed by atoms with E-state index >= 15 is 0 Å². The molecule has 0 aromatic rings. The minimum absolute atomic E-state index is 0.350. The first-order chi connectivity index (χ1) is 5.58. The molecule has 0 aromatic carbocycles. The third-order valence-corrected chi connectivity index (χ3v) is 3.33. The van der Waals surface area contributed by atoms with Crippen LogP contribution in [0.3, 0.4) is 0 Å². The Morgan fingerprint density at radius 3 is 2.75 bits per heavy atom. The first-order valence-corrected chi connectivity index (χ1v) is 7.59. The molecule has 0 aliphatic carbocycles. The molecule has 1 unspecified atom stereocenters. The van der Waals surface area contributed by atoms with Gasteiger partial charge in [-0.15, -0.1) is 0 Å². The van der Waals surface area contributed by atoms with Gasteiger partial charge in [0.15, 0.2) is 0 Å². The first-order valence-electron chi connectivity index (χ1n) is 4.48. The monoisotopic (exact) mass is 189 g/mol. The molecular weight excluding hydrogens is 172 g/mol. The summed E-state index contributed by atoms with van der Waals surface area (Å²) >= 11 is 0. The minimum Gasteiger partial charge on any atom is -0.379 e. The topological polar surface area (TPSA) is 41.7 Å². The molecule has 0 amide bonds. The average Bonchev–Trinajstić information content (AvgIpc) is 2.68. The molecule has 1 rings (SSSR count). The van der Waals surface area contributed by atoms with Crippen LogP contribution in [0.5, 0.6) is 0 Å². The van der Waals surface area contributed by atoms with Crippen LogP contribution >= 0.6 is 0 Å². The molecule has 1 heterocycles. The molecule has 1 aliphatic heterocycles. The average molecular weight is 189 g/mol. The van der Waals surface area contributed by atoms with Gasteiger partial charge >= 0.3 is 0 Å². The Kier molecular flexibility index (Phi) is 3.70. The summed E-state index contributed by atoms with van der Waals surface area (Å²) in [6.07, 6.45) is 1.26. The van der Waals surface area contributed by atoms with Gasteiger partial charge in [-0.1, -0.05) is 0 Å². The smallest absolute Gasteiger partial charge is 0.231 e. The summed E-state index contributed by atoms with van der Waals surface area (Å²) < 4.78 is 10.3. The van der Waals surface area contributed by atoms with Gasteiger partial charge in [0.05, 0.1) is 13.2 Å². The van der Waals surface area contributed by atoms with Crippen molar-refractivity contribution in [3.05, 3.63) is 0 Å². The minimum atomic E-state index is -2.08. The lowest BCUT2D eigenvalue weighted by molar-refractivity contribution is 0.116. The number of rotatable bonds is 6. The molecule has 4 heteroatoms. The van der Waals surface area contributed by atoms with Gasteiger partial charge in [0, 0.05) is 6.61 Å². The van der Waals surface area contributed by atoms with E-state index in [1.807, 2.05) is 13.1 Å². The second-order valence-corrected chi connectivity index (χ2v) is 7.91. The zero-order chi connectivity index (χ0) is 9.03. The van der Waals surface area contributed by atoms with E-state index in [2.05, 4.69) is 0 Å². The molecule has 0 bridgehead atoms. The number of hydrogen-bond donors (Lipinski definition) is 0. The fourth-order valence-electron chi connectivity index (χ4n) is 0.979. The summed E-state index contributed by atoms with van der Waals surface area (Å²) in [5, 5.41) is 0. The molecule has 3 nitrogen and oxygen atoms in total. The van der Waals surface area contributed by atoms with Crippen molar-refractivity contribution in [3.8, 4) is 0 Å². The van der Waals surface area contributed by atoms with E-state index in [9.17, 15) is 4.80 Å². The van der Waals surface area contributed by atoms with E-state index in [1.165, 1.54) is 0 Å². The van der Waals surface area contributed by atoms with Crippen LogP contribution in [0.2, 0.25) is 19.1 Å². The van der Waals surface area contributed by atoms with Crippen molar-refractivity contribution >= 4 is 8.32 Å². The zero-order valence-corrected chi connectivity index (χ0v) is 8.84. The molecule has 1 aliphatic rings. The lowest BCUT2D eigenvalue weighted by Gasteiger charge is -2.09. The zero-order valence-electron chi connectivity index (χ0n) is 7.84. The summed E-state index contributed by atoms with van der Waals surface area (Å²) in [6, 6.07) is 0.818. The van der Waals surface area contributed by atoms with Gasteiger partial charge in [0.2, 0.25) is 8.32 Å². The Morgan fingerprint density at radius 1 is 1.58 bits per heavy atom. The Hall–Kier alpha value is 0.0969. The molecule has 0 saturated carbocycles. The predicted molar refractivity (Wildman–Crippen MR) is 48.2 cm³/mol. The van der Waals surface area contributed by atoms with Crippen molar-refractivity contribution in [2.24, 2.45) is 0 Å². The van der Waals surface area contributed by atoms with Gasteiger partial charge in [0.25, 0.3) is 0 Å². The van der Waals surface area contributed by atoms with Gasteiger partial charge in [-0.25, -0.2) is 0 Å². The van der Waals surface area contributed by atoms with E-state index < -0.39 is 8.32 Å². The molecule has 1 saturated heterocycles. The molecule has 1 fully saturated rings. The van der Waals surface area contributed by atoms with Gasteiger partial charge in [-0.3, -0.25) is 4.80 Å². The fraction of sp³-hybridized carbons (Fsp3) is 1.00. The van der Waals surface area contributed by atoms with Gasteiger partial charge in [-0.05, 0) is 25.6 Å². The fourth-order valence-corrected chi connectivity index (χ4v) is 1.97. The molecule has 0 aromatic heterocycles. The summed E-state index contributed by atoms with van der Waals surface area (Å²) in [4.78, 5) is 11.3. The molecule has 0 N–H and O–H groups in total. The van der Waals surface area contributed by atoms with Crippen molar-refractivity contribution in [2.45, 2.75) is 31.7 Å². The van der Waals surface area contributed by atoms with E-state index in [1.54, 1.807) is 0 Å². The van der Waals surface area contributed by atoms with Crippen molar-refractivity contribution in [2.75, 3.05) is 19.8 Å². The molecular formula is C8H17O3Si. The quantitative estimate of drug-likeness (QED) is 0.360. The summed E-state index contributed by atoms with van der Waals surface area (Å²) in [6.45, 7) is 5.97. The summed E-state index contributed by atoms with van der Waals surface area (Å²) in [5.74, 6) is 0. The van der Waals surface area contributed by atoms with E-state index in [4.69, 9.17) is 9.47 Å². The highest BCUT2D eigenvalue weighted by atomic mass is 28.4. The number of ether oxygens (including phenoxy) is 2. The summed E-state index contributed by atoms with van der Waals surface area (Å²) in [5.41, 5.74) is 0. The second-order valence-electron chi connectivity index (χ2n) is 3.89. The molecule has 1 radical (unpaired) electrons. The van der Waals surface area contributed by atoms with Crippen LogP contribution in [0.1, 0.15) is 6.42 Å². The van der Waals surface area contributed by atoms with Crippen LogP contribution in [0, 0.1) is 0 Å². The van der Waals surface area contributed by atoms with E-state index in [0.717, 1.165) is 25.7 Å². The van der Waals surface area contributed by atoms with Gasteiger partial charge < -0.3 is 9.47 Å². The highest BCUT2D eigenvalue weighted by Gasteiger charge is 2.22. The SMILES string of the molecule is C[Si](C)([O])CCCOCC1CO1. The van der Waals surface area contributed by atoms with Crippen molar-refractivity contribution in [3.63, 3.8) is 0 Å². The predicted octanol–water partition coefficient (Wildman–Crippen LogP) is 1.43. The standard InChI is InChI=1S/C8H17O3Si/c1-12(2,9)5-3-4-10-6-8-7-11-8/h8H,3-7H2,1-2H3. The summed E-state index contributed by atoms with van der Waals surface area (Å²) in [7, 11) is -2.08. The second kappa shape index (κ2) is 4.37. The Balaban J connectivity index is 1.82. The van der Waals surface area contributed by atoms with Gasteiger partial charge in [-0.2, -0.15) is 0 Å². The third kappa shape index (κ3) is 5.71. The molecule has 1 atom stereocenters. The lowest BCUT2D eigenvalue weighted by atomic mass is 10.5. The maximum absolute atomic E-state index is 11.3. The van der Waals surface area contributed by atoms with Crippen LogP contribution in [-0.2, 0) is 14.3 Å². The van der Waals surface area contributed by atoms with Crippen molar-refractivity contribution in [1.82, 2.24) is 0 Å². The Labute approximate surface area is 74.8 Å². The van der Waals surface area contributed by atoms with Crippen LogP contribution in [0.4, 0.5) is 0 Å². The molecule has 71 valence electrons. The normalized spacial score (nSPS) is 22.8. The number of epoxide rings is 1.